The Morgan fingerprint density at radius 3 is 2.00 bits per heavy atom. The molecule has 0 radical (unpaired) electrons. The van der Waals surface area contributed by atoms with Crippen LogP contribution in [0.3, 0.4) is 0 Å². The highest BCUT2D eigenvalue weighted by Gasteiger charge is 2.25. The van der Waals surface area contributed by atoms with Gasteiger partial charge in [0.05, 0.1) is 0 Å². The van der Waals surface area contributed by atoms with Gasteiger partial charge in [0.1, 0.15) is 0 Å². The number of urea groups is 1. The van der Waals surface area contributed by atoms with Gasteiger partial charge in [-0.3, -0.25) is 4.90 Å². The zero-order valence-electron chi connectivity index (χ0n) is 11.9. The molecule has 2 aliphatic rings. The van der Waals surface area contributed by atoms with Crippen molar-refractivity contribution in [3.8, 4) is 0 Å². The first-order valence-corrected chi connectivity index (χ1v) is 7.43. The third kappa shape index (κ3) is 3.61. The molecule has 2 heterocycles. The van der Waals surface area contributed by atoms with Crippen LogP contribution in [-0.4, -0.2) is 66.5 Å². The fourth-order valence-corrected chi connectivity index (χ4v) is 2.92. The zero-order chi connectivity index (χ0) is 13.0. The van der Waals surface area contributed by atoms with Crippen LogP contribution in [0.2, 0.25) is 0 Å². The van der Waals surface area contributed by atoms with Gasteiger partial charge < -0.3 is 9.80 Å². The minimum atomic E-state index is 0.277. The van der Waals surface area contributed by atoms with Gasteiger partial charge in [0.15, 0.2) is 0 Å². The molecule has 0 aliphatic carbocycles. The van der Waals surface area contributed by atoms with Gasteiger partial charge in [-0.05, 0) is 25.2 Å². The number of nitrogens with zero attached hydrogens (tertiary/aromatic N) is 3. The molecule has 0 N–H and O–H groups in total. The second-order valence-corrected chi connectivity index (χ2v) is 6.01. The van der Waals surface area contributed by atoms with Crippen LogP contribution in [-0.2, 0) is 0 Å². The van der Waals surface area contributed by atoms with Crippen molar-refractivity contribution in [1.29, 1.82) is 0 Å². The summed E-state index contributed by atoms with van der Waals surface area (Å²) < 4.78 is 0. The maximum atomic E-state index is 12.3. The van der Waals surface area contributed by atoms with Crippen molar-refractivity contribution < 1.29 is 4.79 Å². The minimum absolute atomic E-state index is 0.277. The number of hydrogen-bond donors (Lipinski definition) is 0. The molecule has 2 saturated heterocycles. The molecule has 0 atom stereocenters. The molecule has 0 aromatic carbocycles. The Labute approximate surface area is 111 Å². The standard InChI is InChI=1S/C14H27N3O/c1-13(2)12-15-8-10-17(11-9-15)14(18)16-6-4-3-5-7-16/h13H,3-12H2,1-2H3. The summed E-state index contributed by atoms with van der Waals surface area (Å²) in [6.45, 7) is 11.5. The Morgan fingerprint density at radius 1 is 0.889 bits per heavy atom. The number of rotatable bonds is 2. The Morgan fingerprint density at radius 2 is 1.44 bits per heavy atom. The average molecular weight is 253 g/mol. The van der Waals surface area contributed by atoms with Gasteiger partial charge in [-0.2, -0.15) is 0 Å². The molecule has 18 heavy (non-hydrogen) atoms. The van der Waals surface area contributed by atoms with E-state index in [-0.39, 0.29) is 6.03 Å². The lowest BCUT2D eigenvalue weighted by atomic mass is 10.1. The highest BCUT2D eigenvalue weighted by atomic mass is 16.2. The molecule has 0 unspecified atom stereocenters. The number of likely N-dealkylation sites (tertiary alicyclic amines) is 1. The summed E-state index contributed by atoms with van der Waals surface area (Å²) in [6, 6.07) is 0.277. The van der Waals surface area contributed by atoms with E-state index in [1.165, 1.54) is 19.3 Å². The lowest BCUT2D eigenvalue weighted by Crippen LogP contribution is -2.54. The van der Waals surface area contributed by atoms with Gasteiger partial charge in [-0.1, -0.05) is 13.8 Å². The van der Waals surface area contributed by atoms with Crippen LogP contribution in [0.1, 0.15) is 33.1 Å². The van der Waals surface area contributed by atoms with Crippen LogP contribution in [0.25, 0.3) is 0 Å². The fraction of sp³-hybridized carbons (Fsp3) is 0.929. The average Bonchev–Trinajstić information content (AvgIpc) is 2.39. The molecule has 2 fully saturated rings. The summed E-state index contributed by atoms with van der Waals surface area (Å²) in [6.07, 6.45) is 3.64. The van der Waals surface area contributed by atoms with Gasteiger partial charge >= 0.3 is 6.03 Å². The van der Waals surface area contributed by atoms with E-state index in [1.807, 2.05) is 9.80 Å². The maximum absolute atomic E-state index is 12.3. The largest absolute Gasteiger partial charge is 0.325 e. The smallest absolute Gasteiger partial charge is 0.320 e. The van der Waals surface area contributed by atoms with Crippen LogP contribution in [0, 0.1) is 5.92 Å². The monoisotopic (exact) mass is 253 g/mol. The van der Waals surface area contributed by atoms with E-state index < -0.39 is 0 Å². The van der Waals surface area contributed by atoms with Gasteiger partial charge in [0.2, 0.25) is 0 Å². The first-order valence-electron chi connectivity index (χ1n) is 7.43. The predicted molar refractivity (Wildman–Crippen MR) is 73.7 cm³/mol. The third-order valence-corrected chi connectivity index (χ3v) is 3.89. The maximum Gasteiger partial charge on any atom is 0.320 e. The van der Waals surface area contributed by atoms with Crippen molar-refractivity contribution in [2.75, 3.05) is 45.8 Å². The minimum Gasteiger partial charge on any atom is -0.325 e. The van der Waals surface area contributed by atoms with Crippen molar-refractivity contribution in [3.05, 3.63) is 0 Å². The number of carbonyl (C=O) groups is 1. The van der Waals surface area contributed by atoms with E-state index >= 15 is 0 Å². The highest BCUT2D eigenvalue weighted by molar-refractivity contribution is 5.74. The number of carbonyl (C=O) groups excluding carboxylic acids is 1. The summed E-state index contributed by atoms with van der Waals surface area (Å²) in [4.78, 5) is 18.9. The van der Waals surface area contributed by atoms with Crippen molar-refractivity contribution in [2.45, 2.75) is 33.1 Å². The summed E-state index contributed by atoms with van der Waals surface area (Å²) in [5.74, 6) is 0.717. The van der Waals surface area contributed by atoms with E-state index in [0.29, 0.717) is 5.92 Å². The third-order valence-electron chi connectivity index (χ3n) is 3.89. The van der Waals surface area contributed by atoms with E-state index in [1.54, 1.807) is 0 Å². The molecule has 2 amide bonds. The quantitative estimate of drug-likeness (QED) is 0.751. The first kappa shape index (κ1) is 13.7. The van der Waals surface area contributed by atoms with Gasteiger partial charge in [-0.25, -0.2) is 4.79 Å². The summed E-state index contributed by atoms with van der Waals surface area (Å²) >= 11 is 0. The van der Waals surface area contributed by atoms with Crippen LogP contribution in [0.4, 0.5) is 4.79 Å². The fourth-order valence-electron chi connectivity index (χ4n) is 2.92. The molecule has 2 rings (SSSR count). The predicted octanol–water partition coefficient (Wildman–Crippen LogP) is 1.87. The number of piperidine rings is 1. The highest BCUT2D eigenvalue weighted by Crippen LogP contribution is 2.13. The zero-order valence-corrected chi connectivity index (χ0v) is 11.9. The molecule has 4 nitrogen and oxygen atoms in total. The SMILES string of the molecule is CC(C)CN1CCN(C(=O)N2CCCCC2)CC1. The molecule has 0 bridgehead atoms. The lowest BCUT2D eigenvalue weighted by Gasteiger charge is -2.39. The lowest BCUT2D eigenvalue weighted by molar-refractivity contribution is 0.103. The van der Waals surface area contributed by atoms with Gasteiger partial charge in [-0.15, -0.1) is 0 Å². The number of piperazine rings is 1. The summed E-state index contributed by atoms with van der Waals surface area (Å²) in [5.41, 5.74) is 0. The normalized spacial score (nSPS) is 22.6. The Kier molecular flexibility index (Phi) is 4.87. The van der Waals surface area contributed by atoms with E-state index in [9.17, 15) is 4.79 Å². The van der Waals surface area contributed by atoms with Crippen LogP contribution < -0.4 is 0 Å². The number of amides is 2. The molecule has 4 heteroatoms. The van der Waals surface area contributed by atoms with Crippen molar-refractivity contribution in [2.24, 2.45) is 5.92 Å². The second-order valence-electron chi connectivity index (χ2n) is 6.01. The Bertz CT molecular complexity index is 266. The summed E-state index contributed by atoms with van der Waals surface area (Å²) in [5, 5.41) is 0. The molecular weight excluding hydrogens is 226 g/mol. The van der Waals surface area contributed by atoms with Crippen molar-refractivity contribution >= 4 is 6.03 Å². The summed E-state index contributed by atoms with van der Waals surface area (Å²) in [7, 11) is 0. The number of hydrogen-bond acceptors (Lipinski definition) is 2. The Balaban J connectivity index is 1.76. The van der Waals surface area contributed by atoms with Crippen LogP contribution in [0.5, 0.6) is 0 Å². The van der Waals surface area contributed by atoms with Crippen LogP contribution in [0.15, 0.2) is 0 Å². The van der Waals surface area contributed by atoms with E-state index in [4.69, 9.17) is 0 Å². The molecule has 0 saturated carbocycles. The molecular formula is C14H27N3O. The second kappa shape index (κ2) is 6.41. The van der Waals surface area contributed by atoms with E-state index in [2.05, 4.69) is 18.7 Å². The van der Waals surface area contributed by atoms with Crippen molar-refractivity contribution in [1.82, 2.24) is 14.7 Å². The molecule has 0 aromatic heterocycles. The van der Waals surface area contributed by atoms with Crippen molar-refractivity contribution in [3.63, 3.8) is 0 Å². The molecule has 2 aliphatic heterocycles. The Hall–Kier alpha value is -0.770. The molecule has 0 aromatic rings. The topological polar surface area (TPSA) is 26.8 Å². The van der Waals surface area contributed by atoms with Crippen LogP contribution >= 0.6 is 0 Å². The first-order chi connectivity index (χ1) is 8.66. The molecule has 0 spiro atoms. The van der Waals surface area contributed by atoms with Gasteiger partial charge in [0.25, 0.3) is 0 Å². The van der Waals surface area contributed by atoms with Gasteiger partial charge in [0, 0.05) is 45.8 Å². The van der Waals surface area contributed by atoms with E-state index in [0.717, 1.165) is 45.8 Å². The molecule has 104 valence electrons.